The maximum atomic E-state index is 4.64. The topological polar surface area (TPSA) is 66.0 Å². The molecule has 0 unspecified atom stereocenters. The third-order valence-electron chi connectivity index (χ3n) is 4.34. The summed E-state index contributed by atoms with van der Waals surface area (Å²) in [6.45, 7) is 9.98. The second-order valence-electron chi connectivity index (χ2n) is 6.39. The van der Waals surface area contributed by atoms with Gasteiger partial charge in [-0.05, 0) is 57.0 Å². The summed E-state index contributed by atoms with van der Waals surface area (Å²) in [5.74, 6) is 1.70. The Kier molecular flexibility index (Phi) is 5.86. The lowest BCUT2D eigenvalue weighted by molar-refractivity contribution is 0.815. The molecule has 0 bridgehead atoms. The van der Waals surface area contributed by atoms with Crippen molar-refractivity contribution < 1.29 is 0 Å². The predicted octanol–water partition coefficient (Wildman–Crippen LogP) is 4.82. The zero-order valence-electron chi connectivity index (χ0n) is 16.3. The first-order valence-electron chi connectivity index (χ1n) is 9.26. The van der Waals surface area contributed by atoms with Crippen molar-refractivity contribution >= 4 is 29.2 Å². The van der Waals surface area contributed by atoms with E-state index in [1.54, 1.807) is 0 Å². The smallest absolute Gasteiger partial charge is 0.233 e. The van der Waals surface area contributed by atoms with E-state index in [-0.39, 0.29) is 0 Å². The van der Waals surface area contributed by atoms with Crippen molar-refractivity contribution in [2.45, 2.75) is 27.7 Å². The van der Waals surface area contributed by atoms with Gasteiger partial charge in [0, 0.05) is 24.5 Å². The van der Waals surface area contributed by atoms with Gasteiger partial charge in [-0.25, -0.2) is 0 Å². The molecule has 3 rings (SSSR count). The fraction of sp³-hybridized carbons (Fsp3) is 0.286. The SMILES string of the molecule is CCN(CC)c1nc(Nc2ccccc2)nc(Nc2cc(C)ccc2C)n1. The lowest BCUT2D eigenvalue weighted by atomic mass is 10.1. The Morgan fingerprint density at radius 1 is 0.815 bits per heavy atom. The van der Waals surface area contributed by atoms with Gasteiger partial charge in [0.05, 0.1) is 0 Å². The summed E-state index contributed by atoms with van der Waals surface area (Å²) < 4.78 is 0. The van der Waals surface area contributed by atoms with Gasteiger partial charge in [-0.2, -0.15) is 15.0 Å². The zero-order chi connectivity index (χ0) is 19.2. The van der Waals surface area contributed by atoms with Gasteiger partial charge in [-0.3, -0.25) is 0 Å². The van der Waals surface area contributed by atoms with Gasteiger partial charge in [0.2, 0.25) is 17.8 Å². The average Bonchev–Trinajstić information content (AvgIpc) is 2.66. The van der Waals surface area contributed by atoms with Gasteiger partial charge in [-0.1, -0.05) is 30.3 Å². The molecular formula is C21H26N6. The number of nitrogens with zero attached hydrogens (tertiary/aromatic N) is 4. The van der Waals surface area contributed by atoms with Crippen molar-refractivity contribution in [3.05, 3.63) is 59.7 Å². The van der Waals surface area contributed by atoms with Gasteiger partial charge in [0.1, 0.15) is 0 Å². The zero-order valence-corrected chi connectivity index (χ0v) is 16.3. The standard InChI is InChI=1S/C21H26N6/c1-5-27(6-2)21-25-19(22-17-10-8-7-9-11-17)24-20(26-21)23-18-14-15(3)12-13-16(18)4/h7-14H,5-6H2,1-4H3,(H2,22,23,24,25,26). The number of aryl methyl sites for hydroxylation is 2. The quantitative estimate of drug-likeness (QED) is 0.628. The third-order valence-corrected chi connectivity index (χ3v) is 4.34. The minimum Gasteiger partial charge on any atom is -0.341 e. The fourth-order valence-electron chi connectivity index (χ4n) is 2.77. The van der Waals surface area contributed by atoms with Crippen LogP contribution in [0.3, 0.4) is 0 Å². The second-order valence-corrected chi connectivity index (χ2v) is 6.39. The Bertz CT molecular complexity index is 890. The molecule has 0 spiro atoms. The summed E-state index contributed by atoms with van der Waals surface area (Å²) >= 11 is 0. The number of anilines is 5. The Morgan fingerprint density at radius 2 is 1.48 bits per heavy atom. The Balaban J connectivity index is 1.97. The highest BCUT2D eigenvalue weighted by Crippen LogP contribution is 2.23. The van der Waals surface area contributed by atoms with Crippen LogP contribution in [0.25, 0.3) is 0 Å². The molecule has 2 aromatic carbocycles. The number of nitrogens with one attached hydrogen (secondary N) is 2. The van der Waals surface area contributed by atoms with Crippen molar-refractivity contribution in [3.8, 4) is 0 Å². The monoisotopic (exact) mass is 362 g/mol. The number of aromatic nitrogens is 3. The van der Waals surface area contributed by atoms with Gasteiger partial charge < -0.3 is 15.5 Å². The minimum absolute atomic E-state index is 0.519. The molecule has 0 aliphatic rings. The largest absolute Gasteiger partial charge is 0.341 e. The molecule has 0 fully saturated rings. The molecule has 0 amide bonds. The molecule has 0 aliphatic heterocycles. The molecule has 0 saturated carbocycles. The molecule has 6 nitrogen and oxygen atoms in total. The highest BCUT2D eigenvalue weighted by Gasteiger charge is 2.12. The molecule has 0 radical (unpaired) electrons. The van der Waals surface area contributed by atoms with Crippen LogP contribution in [-0.4, -0.2) is 28.0 Å². The molecule has 6 heteroatoms. The van der Waals surface area contributed by atoms with Crippen LogP contribution in [-0.2, 0) is 0 Å². The molecule has 3 aromatic rings. The maximum Gasteiger partial charge on any atom is 0.233 e. The lowest BCUT2D eigenvalue weighted by Gasteiger charge is -2.20. The van der Waals surface area contributed by atoms with E-state index < -0.39 is 0 Å². The van der Waals surface area contributed by atoms with Crippen LogP contribution in [0.1, 0.15) is 25.0 Å². The van der Waals surface area contributed by atoms with Crippen molar-refractivity contribution in [2.24, 2.45) is 0 Å². The van der Waals surface area contributed by atoms with Gasteiger partial charge in [0.25, 0.3) is 0 Å². The maximum absolute atomic E-state index is 4.64. The highest BCUT2D eigenvalue weighted by atomic mass is 15.3. The molecule has 27 heavy (non-hydrogen) atoms. The van der Waals surface area contributed by atoms with E-state index in [1.807, 2.05) is 30.3 Å². The Labute approximate surface area is 160 Å². The van der Waals surface area contributed by atoms with Gasteiger partial charge in [-0.15, -0.1) is 0 Å². The molecule has 0 saturated heterocycles. The summed E-state index contributed by atoms with van der Waals surface area (Å²) in [7, 11) is 0. The molecule has 2 N–H and O–H groups in total. The van der Waals surface area contributed by atoms with E-state index in [0.29, 0.717) is 17.8 Å². The number of benzene rings is 2. The summed E-state index contributed by atoms with van der Waals surface area (Å²) in [5.41, 5.74) is 4.26. The van der Waals surface area contributed by atoms with Crippen molar-refractivity contribution in [3.63, 3.8) is 0 Å². The van der Waals surface area contributed by atoms with Crippen LogP contribution in [0.2, 0.25) is 0 Å². The molecule has 0 aliphatic carbocycles. The van der Waals surface area contributed by atoms with Crippen LogP contribution in [0.5, 0.6) is 0 Å². The summed E-state index contributed by atoms with van der Waals surface area (Å²) in [6.07, 6.45) is 0. The molecule has 0 atom stereocenters. The first kappa shape index (κ1) is 18.6. The predicted molar refractivity (Wildman–Crippen MR) is 112 cm³/mol. The van der Waals surface area contributed by atoms with Crippen molar-refractivity contribution in [2.75, 3.05) is 28.6 Å². The van der Waals surface area contributed by atoms with Crippen LogP contribution >= 0.6 is 0 Å². The third kappa shape index (κ3) is 4.73. The average molecular weight is 362 g/mol. The van der Waals surface area contributed by atoms with Crippen molar-refractivity contribution in [1.82, 2.24) is 15.0 Å². The first-order chi connectivity index (χ1) is 13.1. The number of hydrogen-bond donors (Lipinski definition) is 2. The van der Waals surface area contributed by atoms with Gasteiger partial charge in [0.15, 0.2) is 0 Å². The van der Waals surface area contributed by atoms with E-state index in [2.05, 4.69) is 76.4 Å². The summed E-state index contributed by atoms with van der Waals surface area (Å²) in [5, 5.41) is 6.62. The Morgan fingerprint density at radius 3 is 2.15 bits per heavy atom. The van der Waals surface area contributed by atoms with Crippen LogP contribution in [0, 0.1) is 13.8 Å². The summed E-state index contributed by atoms with van der Waals surface area (Å²) in [4.78, 5) is 15.9. The number of rotatable bonds is 7. The molecule has 1 heterocycles. The molecule has 140 valence electrons. The second kappa shape index (κ2) is 8.49. The minimum atomic E-state index is 0.519. The molecule has 1 aromatic heterocycles. The van der Waals surface area contributed by atoms with Crippen LogP contribution < -0.4 is 15.5 Å². The van der Waals surface area contributed by atoms with E-state index in [9.17, 15) is 0 Å². The van der Waals surface area contributed by atoms with Gasteiger partial charge >= 0.3 is 0 Å². The number of para-hydroxylation sites is 1. The van der Waals surface area contributed by atoms with Crippen molar-refractivity contribution in [1.29, 1.82) is 0 Å². The molecular weight excluding hydrogens is 336 g/mol. The lowest BCUT2D eigenvalue weighted by Crippen LogP contribution is -2.25. The fourth-order valence-corrected chi connectivity index (χ4v) is 2.77. The Hall–Kier alpha value is -3.15. The van der Waals surface area contributed by atoms with Crippen LogP contribution in [0.15, 0.2) is 48.5 Å². The van der Waals surface area contributed by atoms with E-state index in [4.69, 9.17) is 0 Å². The normalized spacial score (nSPS) is 10.5. The number of hydrogen-bond acceptors (Lipinski definition) is 6. The summed E-state index contributed by atoms with van der Waals surface area (Å²) in [6, 6.07) is 16.2. The first-order valence-corrected chi connectivity index (χ1v) is 9.26. The van der Waals surface area contributed by atoms with E-state index >= 15 is 0 Å². The van der Waals surface area contributed by atoms with E-state index in [1.165, 1.54) is 5.56 Å². The highest BCUT2D eigenvalue weighted by molar-refractivity contribution is 5.62. The van der Waals surface area contributed by atoms with Crippen LogP contribution in [0.4, 0.5) is 29.2 Å². The van der Waals surface area contributed by atoms with E-state index in [0.717, 1.165) is 30.0 Å².